The van der Waals surface area contributed by atoms with Gasteiger partial charge in [0.15, 0.2) is 17.0 Å². The van der Waals surface area contributed by atoms with E-state index in [1.54, 1.807) is 11.7 Å². The zero-order valence-electron chi connectivity index (χ0n) is 9.60. The minimum atomic E-state index is 0.0574. The molecule has 1 atom stereocenters. The molecule has 7 heteroatoms. The minimum absolute atomic E-state index is 0.0574. The summed E-state index contributed by atoms with van der Waals surface area (Å²) in [6.45, 7) is 4.40. The topological polar surface area (TPSA) is 94.5 Å². The van der Waals surface area contributed by atoms with Crippen molar-refractivity contribution in [2.75, 3.05) is 11.9 Å². The van der Waals surface area contributed by atoms with Gasteiger partial charge in [-0.1, -0.05) is 5.21 Å². The van der Waals surface area contributed by atoms with Crippen LogP contribution in [-0.2, 0) is 7.05 Å². The SMILES string of the molecule is Cc1nc(NCC(C)N)c2nnn(C)c2n1. The first-order valence-corrected chi connectivity index (χ1v) is 5.11. The van der Waals surface area contributed by atoms with Crippen LogP contribution in [0, 0.1) is 6.92 Å². The van der Waals surface area contributed by atoms with Gasteiger partial charge in [-0.3, -0.25) is 0 Å². The number of anilines is 1. The van der Waals surface area contributed by atoms with Crippen LogP contribution in [0.3, 0.4) is 0 Å². The average molecular weight is 221 g/mol. The molecule has 3 N–H and O–H groups in total. The van der Waals surface area contributed by atoms with E-state index in [0.717, 1.165) is 5.65 Å². The van der Waals surface area contributed by atoms with E-state index in [1.165, 1.54) is 0 Å². The Bertz CT molecular complexity index is 502. The summed E-state index contributed by atoms with van der Waals surface area (Å²) < 4.78 is 1.63. The van der Waals surface area contributed by atoms with Crippen molar-refractivity contribution in [2.24, 2.45) is 12.8 Å². The molecule has 0 spiro atoms. The van der Waals surface area contributed by atoms with E-state index in [2.05, 4.69) is 25.6 Å². The molecule has 0 aliphatic heterocycles. The highest BCUT2D eigenvalue weighted by atomic mass is 15.4. The molecule has 2 rings (SSSR count). The van der Waals surface area contributed by atoms with Gasteiger partial charge in [-0.15, -0.1) is 5.10 Å². The van der Waals surface area contributed by atoms with E-state index in [-0.39, 0.29) is 6.04 Å². The molecule has 86 valence electrons. The number of hydrogen-bond donors (Lipinski definition) is 2. The number of nitrogens with two attached hydrogens (primary N) is 1. The van der Waals surface area contributed by atoms with Gasteiger partial charge in [-0.25, -0.2) is 14.6 Å². The van der Waals surface area contributed by atoms with Crippen LogP contribution >= 0.6 is 0 Å². The van der Waals surface area contributed by atoms with Crippen LogP contribution in [0.2, 0.25) is 0 Å². The summed E-state index contributed by atoms with van der Waals surface area (Å²) in [6, 6.07) is 0.0574. The van der Waals surface area contributed by atoms with Crippen molar-refractivity contribution in [1.29, 1.82) is 0 Å². The van der Waals surface area contributed by atoms with Gasteiger partial charge in [0.2, 0.25) is 0 Å². The van der Waals surface area contributed by atoms with E-state index >= 15 is 0 Å². The molecule has 16 heavy (non-hydrogen) atoms. The fourth-order valence-electron chi connectivity index (χ4n) is 1.40. The van der Waals surface area contributed by atoms with Crippen molar-refractivity contribution in [3.8, 4) is 0 Å². The Morgan fingerprint density at radius 2 is 2.19 bits per heavy atom. The van der Waals surface area contributed by atoms with Crippen LogP contribution in [-0.4, -0.2) is 37.5 Å². The Morgan fingerprint density at radius 3 is 2.88 bits per heavy atom. The summed E-state index contributed by atoms with van der Waals surface area (Å²) in [7, 11) is 1.80. The van der Waals surface area contributed by atoms with Crippen molar-refractivity contribution in [2.45, 2.75) is 19.9 Å². The van der Waals surface area contributed by atoms with Crippen molar-refractivity contribution < 1.29 is 0 Å². The first kappa shape index (κ1) is 10.7. The van der Waals surface area contributed by atoms with Crippen molar-refractivity contribution in [3.05, 3.63) is 5.82 Å². The summed E-state index contributed by atoms with van der Waals surface area (Å²) in [6.07, 6.45) is 0. The smallest absolute Gasteiger partial charge is 0.183 e. The lowest BCUT2D eigenvalue weighted by molar-refractivity contribution is 0.728. The predicted octanol–water partition coefficient (Wildman–Crippen LogP) is -0.174. The van der Waals surface area contributed by atoms with Gasteiger partial charge in [0, 0.05) is 19.6 Å². The fraction of sp³-hybridized carbons (Fsp3) is 0.556. The summed E-state index contributed by atoms with van der Waals surface area (Å²) >= 11 is 0. The molecule has 0 amide bonds. The molecular weight excluding hydrogens is 206 g/mol. The Kier molecular flexibility index (Phi) is 2.69. The van der Waals surface area contributed by atoms with Gasteiger partial charge in [-0.05, 0) is 13.8 Å². The lowest BCUT2D eigenvalue weighted by Crippen LogP contribution is -2.25. The lowest BCUT2D eigenvalue weighted by Gasteiger charge is -2.08. The summed E-state index contributed by atoms with van der Waals surface area (Å²) in [5, 5.41) is 11.1. The quantitative estimate of drug-likeness (QED) is 0.747. The van der Waals surface area contributed by atoms with Gasteiger partial charge in [0.25, 0.3) is 0 Å². The second-order valence-corrected chi connectivity index (χ2v) is 3.86. The molecule has 2 aromatic rings. The zero-order valence-corrected chi connectivity index (χ0v) is 9.60. The molecule has 2 heterocycles. The number of aryl methyl sites for hydroxylation is 2. The Labute approximate surface area is 93.1 Å². The molecule has 0 aliphatic carbocycles. The largest absolute Gasteiger partial charge is 0.366 e. The Morgan fingerprint density at radius 1 is 1.44 bits per heavy atom. The minimum Gasteiger partial charge on any atom is -0.366 e. The highest BCUT2D eigenvalue weighted by Crippen LogP contribution is 2.16. The monoisotopic (exact) mass is 221 g/mol. The van der Waals surface area contributed by atoms with Crippen LogP contribution in [0.15, 0.2) is 0 Å². The van der Waals surface area contributed by atoms with Gasteiger partial charge < -0.3 is 11.1 Å². The first-order chi connectivity index (χ1) is 7.58. The van der Waals surface area contributed by atoms with Crippen molar-refractivity contribution >= 4 is 17.0 Å². The molecule has 0 bridgehead atoms. The first-order valence-electron chi connectivity index (χ1n) is 5.11. The molecular formula is C9H15N7. The van der Waals surface area contributed by atoms with Crippen LogP contribution in [0.5, 0.6) is 0 Å². The second kappa shape index (κ2) is 4.01. The van der Waals surface area contributed by atoms with Gasteiger partial charge in [0.1, 0.15) is 5.82 Å². The number of fused-ring (bicyclic) bond motifs is 1. The highest BCUT2D eigenvalue weighted by Gasteiger charge is 2.11. The third kappa shape index (κ3) is 1.94. The van der Waals surface area contributed by atoms with Crippen LogP contribution in [0.25, 0.3) is 11.2 Å². The zero-order chi connectivity index (χ0) is 11.7. The van der Waals surface area contributed by atoms with E-state index < -0.39 is 0 Å². The normalized spacial score (nSPS) is 13.0. The van der Waals surface area contributed by atoms with Crippen LogP contribution < -0.4 is 11.1 Å². The number of rotatable bonds is 3. The maximum absolute atomic E-state index is 5.68. The fourth-order valence-corrected chi connectivity index (χ4v) is 1.40. The molecule has 0 radical (unpaired) electrons. The average Bonchev–Trinajstić information content (AvgIpc) is 2.57. The van der Waals surface area contributed by atoms with Crippen LogP contribution in [0.1, 0.15) is 12.7 Å². The van der Waals surface area contributed by atoms with Gasteiger partial charge in [0.05, 0.1) is 0 Å². The molecule has 2 aromatic heterocycles. The second-order valence-electron chi connectivity index (χ2n) is 3.86. The number of aromatic nitrogens is 5. The standard InChI is InChI=1S/C9H15N7/c1-5(10)4-11-8-7-9(13-6(2)12-8)16(3)15-14-7/h5H,4,10H2,1-3H3,(H,11,12,13). The Balaban J connectivity index is 2.43. The molecule has 0 saturated heterocycles. The van der Waals surface area contributed by atoms with Crippen molar-refractivity contribution in [3.63, 3.8) is 0 Å². The molecule has 7 nitrogen and oxygen atoms in total. The summed E-state index contributed by atoms with van der Waals surface area (Å²) in [5.41, 5.74) is 7.08. The van der Waals surface area contributed by atoms with E-state index in [9.17, 15) is 0 Å². The van der Waals surface area contributed by atoms with Gasteiger partial charge >= 0.3 is 0 Å². The maximum atomic E-state index is 5.68. The molecule has 0 aliphatic rings. The lowest BCUT2D eigenvalue weighted by atomic mass is 10.3. The molecule has 0 saturated carbocycles. The number of hydrogen-bond acceptors (Lipinski definition) is 6. The molecule has 0 aromatic carbocycles. The van der Waals surface area contributed by atoms with E-state index in [1.807, 2.05) is 13.8 Å². The summed E-state index contributed by atoms with van der Waals surface area (Å²) in [4.78, 5) is 8.57. The van der Waals surface area contributed by atoms with Crippen LogP contribution in [0.4, 0.5) is 5.82 Å². The maximum Gasteiger partial charge on any atom is 0.183 e. The van der Waals surface area contributed by atoms with E-state index in [4.69, 9.17) is 5.73 Å². The Hall–Kier alpha value is -1.76. The summed E-state index contributed by atoms with van der Waals surface area (Å²) in [5.74, 6) is 1.37. The number of nitrogens with zero attached hydrogens (tertiary/aromatic N) is 5. The highest BCUT2D eigenvalue weighted by molar-refractivity contribution is 5.82. The van der Waals surface area contributed by atoms with E-state index in [0.29, 0.717) is 23.7 Å². The third-order valence-corrected chi connectivity index (χ3v) is 2.15. The van der Waals surface area contributed by atoms with Gasteiger partial charge in [-0.2, -0.15) is 0 Å². The third-order valence-electron chi connectivity index (χ3n) is 2.15. The predicted molar refractivity (Wildman–Crippen MR) is 61.0 cm³/mol. The van der Waals surface area contributed by atoms with Crippen molar-refractivity contribution in [1.82, 2.24) is 25.0 Å². The molecule has 0 fully saturated rings. The number of nitrogens with one attached hydrogen (secondary N) is 1. The molecule has 1 unspecified atom stereocenters.